The predicted octanol–water partition coefficient (Wildman–Crippen LogP) is 1.06. The Morgan fingerprint density at radius 1 is 1.47 bits per heavy atom. The molecule has 1 heterocycles. The summed E-state index contributed by atoms with van der Waals surface area (Å²) in [7, 11) is 0. The van der Waals surface area contributed by atoms with Crippen LogP contribution in [0, 0.1) is 5.92 Å². The highest BCUT2D eigenvalue weighted by atomic mass is 16.1. The minimum atomic E-state index is -0.309. The Kier molecular flexibility index (Phi) is 4.69. The van der Waals surface area contributed by atoms with Crippen LogP contribution in [0.15, 0.2) is 12.4 Å². The molecule has 96 valence electrons. The van der Waals surface area contributed by atoms with Gasteiger partial charge < -0.3 is 11.1 Å². The molecular formula is C12H22N4O. The molecule has 1 rings (SSSR count). The largest absolute Gasteiger partial charge is 0.368 e. The van der Waals surface area contributed by atoms with E-state index in [1.807, 2.05) is 30.9 Å². The molecule has 0 aliphatic rings. The zero-order valence-electron chi connectivity index (χ0n) is 11.0. The van der Waals surface area contributed by atoms with Gasteiger partial charge in [0.2, 0.25) is 5.91 Å². The maximum atomic E-state index is 11.2. The molecule has 0 fully saturated rings. The Labute approximate surface area is 102 Å². The summed E-state index contributed by atoms with van der Waals surface area (Å²) in [6.07, 6.45) is 3.79. The van der Waals surface area contributed by atoms with Gasteiger partial charge in [0.15, 0.2) is 0 Å². The zero-order chi connectivity index (χ0) is 13.0. The number of carbonyl (C=O) groups is 1. The Bertz CT molecular complexity index is 370. The van der Waals surface area contributed by atoms with Crippen LogP contribution in [0.2, 0.25) is 0 Å². The van der Waals surface area contributed by atoms with Gasteiger partial charge in [-0.3, -0.25) is 9.48 Å². The number of nitrogens with zero attached hydrogens (tertiary/aromatic N) is 2. The van der Waals surface area contributed by atoms with Gasteiger partial charge in [0.1, 0.15) is 0 Å². The molecule has 1 atom stereocenters. The molecule has 0 saturated heterocycles. The average molecular weight is 238 g/mol. The second-order valence-corrected chi connectivity index (χ2v) is 4.93. The van der Waals surface area contributed by atoms with E-state index in [9.17, 15) is 4.79 Å². The van der Waals surface area contributed by atoms with Crippen molar-refractivity contribution in [2.75, 3.05) is 0 Å². The molecule has 0 saturated carbocycles. The average Bonchev–Trinajstić information content (AvgIpc) is 2.65. The molecule has 0 spiro atoms. The van der Waals surface area contributed by atoms with Gasteiger partial charge in [0.05, 0.1) is 12.2 Å². The van der Waals surface area contributed by atoms with Gasteiger partial charge in [-0.05, 0) is 19.8 Å². The number of primary amides is 1. The fourth-order valence-corrected chi connectivity index (χ4v) is 1.64. The van der Waals surface area contributed by atoms with Crippen LogP contribution in [0.25, 0.3) is 0 Å². The van der Waals surface area contributed by atoms with Crippen molar-refractivity contribution in [3.8, 4) is 0 Å². The standard InChI is InChI=1S/C12H22N4O/c1-8(2)11(12(13)17)14-5-10-6-15-16(7-10)9(3)4/h6-9,11,14H,5H2,1-4H3,(H2,13,17). The van der Waals surface area contributed by atoms with Gasteiger partial charge in [0, 0.05) is 24.3 Å². The molecule has 0 aliphatic heterocycles. The summed E-state index contributed by atoms with van der Waals surface area (Å²) in [6, 6.07) is 0.0539. The molecule has 0 aliphatic carbocycles. The first-order chi connectivity index (χ1) is 7.91. The number of nitrogens with two attached hydrogens (primary N) is 1. The molecule has 0 radical (unpaired) electrons. The van der Waals surface area contributed by atoms with Crippen molar-refractivity contribution in [2.45, 2.75) is 46.3 Å². The van der Waals surface area contributed by atoms with Crippen LogP contribution in [0.5, 0.6) is 0 Å². The van der Waals surface area contributed by atoms with Crippen molar-refractivity contribution in [1.82, 2.24) is 15.1 Å². The van der Waals surface area contributed by atoms with Crippen molar-refractivity contribution in [1.29, 1.82) is 0 Å². The molecule has 0 bridgehead atoms. The highest BCUT2D eigenvalue weighted by Crippen LogP contribution is 2.07. The first-order valence-electron chi connectivity index (χ1n) is 5.97. The second kappa shape index (κ2) is 5.82. The van der Waals surface area contributed by atoms with Crippen molar-refractivity contribution < 1.29 is 4.79 Å². The summed E-state index contributed by atoms with van der Waals surface area (Å²) in [5.74, 6) is -0.121. The topological polar surface area (TPSA) is 72.9 Å². The number of nitrogens with one attached hydrogen (secondary N) is 1. The molecule has 1 amide bonds. The smallest absolute Gasteiger partial charge is 0.234 e. The Morgan fingerprint density at radius 2 is 2.12 bits per heavy atom. The van der Waals surface area contributed by atoms with Gasteiger partial charge in [-0.2, -0.15) is 5.10 Å². The molecule has 1 aromatic rings. The monoisotopic (exact) mass is 238 g/mol. The summed E-state index contributed by atoms with van der Waals surface area (Å²) < 4.78 is 1.89. The number of amides is 1. The van der Waals surface area contributed by atoms with Crippen molar-refractivity contribution in [3.63, 3.8) is 0 Å². The number of carbonyl (C=O) groups excluding carboxylic acids is 1. The van der Waals surface area contributed by atoms with Gasteiger partial charge in [0.25, 0.3) is 0 Å². The molecule has 1 unspecified atom stereocenters. The van der Waals surface area contributed by atoms with E-state index in [0.29, 0.717) is 12.6 Å². The molecule has 17 heavy (non-hydrogen) atoms. The fraction of sp³-hybridized carbons (Fsp3) is 0.667. The summed E-state index contributed by atoms with van der Waals surface area (Å²) in [5.41, 5.74) is 6.39. The first kappa shape index (κ1) is 13.7. The van der Waals surface area contributed by atoms with E-state index in [1.165, 1.54) is 0 Å². The van der Waals surface area contributed by atoms with Crippen molar-refractivity contribution in [3.05, 3.63) is 18.0 Å². The van der Waals surface area contributed by atoms with Crippen LogP contribution in [0.1, 0.15) is 39.3 Å². The summed E-state index contributed by atoms with van der Waals surface area (Å²) in [4.78, 5) is 11.2. The summed E-state index contributed by atoms with van der Waals surface area (Å²) >= 11 is 0. The van der Waals surface area contributed by atoms with Crippen molar-refractivity contribution in [2.24, 2.45) is 11.7 Å². The van der Waals surface area contributed by atoms with E-state index in [2.05, 4.69) is 24.3 Å². The van der Waals surface area contributed by atoms with E-state index in [-0.39, 0.29) is 17.9 Å². The molecule has 5 nitrogen and oxygen atoms in total. The van der Waals surface area contributed by atoms with E-state index < -0.39 is 0 Å². The highest BCUT2D eigenvalue weighted by molar-refractivity contribution is 5.80. The van der Waals surface area contributed by atoms with Gasteiger partial charge in [-0.25, -0.2) is 0 Å². The third-order valence-electron chi connectivity index (χ3n) is 2.68. The molecule has 1 aromatic heterocycles. The van der Waals surface area contributed by atoms with Gasteiger partial charge >= 0.3 is 0 Å². The highest BCUT2D eigenvalue weighted by Gasteiger charge is 2.18. The van der Waals surface area contributed by atoms with Crippen LogP contribution in [0.3, 0.4) is 0 Å². The normalized spacial score (nSPS) is 13.3. The second-order valence-electron chi connectivity index (χ2n) is 4.93. The van der Waals surface area contributed by atoms with Gasteiger partial charge in [-0.15, -0.1) is 0 Å². The lowest BCUT2D eigenvalue weighted by molar-refractivity contribution is -0.121. The van der Waals surface area contributed by atoms with Crippen LogP contribution < -0.4 is 11.1 Å². The predicted molar refractivity (Wildman–Crippen MR) is 67.3 cm³/mol. The van der Waals surface area contributed by atoms with Crippen LogP contribution in [-0.4, -0.2) is 21.7 Å². The van der Waals surface area contributed by atoms with Crippen LogP contribution in [-0.2, 0) is 11.3 Å². The van der Waals surface area contributed by atoms with Crippen LogP contribution in [0.4, 0.5) is 0 Å². The van der Waals surface area contributed by atoms with Crippen LogP contribution >= 0.6 is 0 Å². The van der Waals surface area contributed by atoms with E-state index in [4.69, 9.17) is 5.73 Å². The maximum Gasteiger partial charge on any atom is 0.234 e. The third-order valence-corrected chi connectivity index (χ3v) is 2.68. The molecule has 5 heteroatoms. The van der Waals surface area contributed by atoms with Crippen molar-refractivity contribution >= 4 is 5.91 Å². The molecular weight excluding hydrogens is 216 g/mol. The SMILES string of the molecule is CC(C)C(NCc1cnn(C(C)C)c1)C(N)=O. The first-order valence-corrected chi connectivity index (χ1v) is 5.97. The lowest BCUT2D eigenvalue weighted by Gasteiger charge is -2.18. The fourth-order valence-electron chi connectivity index (χ4n) is 1.64. The van der Waals surface area contributed by atoms with E-state index in [1.54, 1.807) is 0 Å². The number of hydrogen-bond acceptors (Lipinski definition) is 3. The lowest BCUT2D eigenvalue weighted by Crippen LogP contribution is -2.44. The Hall–Kier alpha value is -1.36. The quantitative estimate of drug-likeness (QED) is 0.778. The van der Waals surface area contributed by atoms with E-state index >= 15 is 0 Å². The molecule has 3 N–H and O–H groups in total. The number of rotatable bonds is 6. The zero-order valence-corrected chi connectivity index (χ0v) is 11.0. The van der Waals surface area contributed by atoms with Gasteiger partial charge in [-0.1, -0.05) is 13.8 Å². The number of aromatic nitrogens is 2. The Balaban J connectivity index is 2.56. The summed E-state index contributed by atoms with van der Waals surface area (Å²) in [5, 5.41) is 7.40. The number of hydrogen-bond donors (Lipinski definition) is 2. The minimum absolute atomic E-state index is 0.188. The minimum Gasteiger partial charge on any atom is -0.368 e. The maximum absolute atomic E-state index is 11.2. The Morgan fingerprint density at radius 3 is 2.53 bits per heavy atom. The molecule has 0 aromatic carbocycles. The lowest BCUT2D eigenvalue weighted by atomic mass is 10.0. The summed E-state index contributed by atoms with van der Waals surface area (Å²) in [6.45, 7) is 8.70. The third kappa shape index (κ3) is 3.85. The van der Waals surface area contributed by atoms with E-state index in [0.717, 1.165) is 5.56 Å².